The molecular weight excluding hydrogens is 184 g/mol. The summed E-state index contributed by atoms with van der Waals surface area (Å²) in [6.45, 7) is 11.1. The van der Waals surface area contributed by atoms with Gasteiger partial charge in [0.2, 0.25) is 0 Å². The van der Waals surface area contributed by atoms with Crippen molar-refractivity contribution in [3.8, 4) is 0 Å². The summed E-state index contributed by atoms with van der Waals surface area (Å²) >= 11 is 0. The van der Waals surface area contributed by atoms with Crippen LogP contribution in [0, 0.1) is 0 Å². The second-order valence-electron chi connectivity index (χ2n) is 4.76. The van der Waals surface area contributed by atoms with Crippen molar-refractivity contribution < 1.29 is 0 Å². The van der Waals surface area contributed by atoms with E-state index in [1.165, 1.54) is 44.2 Å². The second-order valence-corrected chi connectivity index (χ2v) is 10.3. The smallest absolute Gasteiger partial charge is 0.0499 e. The van der Waals surface area contributed by atoms with Crippen LogP contribution < -0.4 is 0 Å². The highest BCUT2D eigenvalue weighted by molar-refractivity contribution is 6.78. The van der Waals surface area contributed by atoms with Crippen molar-refractivity contribution in [1.82, 2.24) is 0 Å². The summed E-state index contributed by atoms with van der Waals surface area (Å²) in [6.07, 6.45) is 8.91. The van der Waals surface area contributed by atoms with Gasteiger partial charge < -0.3 is 0 Å². The molecule has 0 fully saturated rings. The van der Waals surface area contributed by atoms with Crippen LogP contribution in [0.5, 0.6) is 0 Å². The Hall–Kier alpha value is -0.0431. The highest BCUT2D eigenvalue weighted by atomic mass is 28.3. The van der Waals surface area contributed by atoms with E-state index in [-0.39, 0.29) is 0 Å². The maximum absolute atomic E-state index is 3.75. The normalized spacial score (nSPS) is 11.6. The maximum atomic E-state index is 3.75. The predicted octanol–water partition coefficient (Wildman–Crippen LogP) is 5.24. The first kappa shape index (κ1) is 14.0. The Morgan fingerprint density at radius 3 is 2.07 bits per heavy atom. The van der Waals surface area contributed by atoms with E-state index in [2.05, 4.69) is 27.0 Å². The van der Waals surface area contributed by atoms with Gasteiger partial charge in [0.1, 0.15) is 0 Å². The van der Waals surface area contributed by atoms with Gasteiger partial charge in [0, 0.05) is 8.07 Å². The molecule has 0 nitrogen and oxygen atoms in total. The molecule has 0 unspecified atom stereocenters. The Morgan fingerprint density at radius 1 is 1.00 bits per heavy atom. The summed E-state index contributed by atoms with van der Waals surface area (Å²) in [4.78, 5) is 0. The van der Waals surface area contributed by atoms with Crippen LogP contribution in [-0.4, -0.2) is 8.07 Å². The van der Waals surface area contributed by atoms with Crippen LogP contribution in [0.1, 0.15) is 46.0 Å². The van der Waals surface area contributed by atoms with Gasteiger partial charge in [-0.1, -0.05) is 63.9 Å². The number of allylic oxidation sites excluding steroid dienone is 1. The molecule has 0 aliphatic heterocycles. The van der Waals surface area contributed by atoms with E-state index in [1.54, 1.807) is 6.04 Å². The fourth-order valence-corrected chi connectivity index (χ4v) is 4.11. The molecule has 0 radical (unpaired) electrons. The maximum Gasteiger partial charge on any atom is 0.0499 e. The molecule has 0 rings (SSSR count). The molecule has 0 aromatic carbocycles. The molecule has 0 N–H and O–H groups in total. The molecule has 0 aromatic rings. The van der Waals surface area contributed by atoms with Crippen molar-refractivity contribution in [2.75, 3.05) is 0 Å². The molecule has 1 heteroatoms. The van der Waals surface area contributed by atoms with E-state index in [4.69, 9.17) is 0 Å². The Labute approximate surface area is 91.8 Å². The molecule has 84 valence electrons. The van der Waals surface area contributed by atoms with Crippen molar-refractivity contribution >= 4 is 8.07 Å². The minimum absolute atomic E-state index is 0.786. The lowest BCUT2D eigenvalue weighted by Crippen LogP contribution is -2.26. The van der Waals surface area contributed by atoms with Gasteiger partial charge in [-0.2, -0.15) is 0 Å². The molecular formula is C13H28Si. The van der Waals surface area contributed by atoms with Gasteiger partial charge in [-0.15, -0.1) is 6.58 Å². The minimum atomic E-state index is -0.786. The summed E-state index contributed by atoms with van der Waals surface area (Å²) in [7, 11) is -0.786. The average Bonchev–Trinajstić information content (AvgIpc) is 2.23. The fraction of sp³-hybridized carbons (Fsp3) is 0.846. The third-order valence-corrected chi connectivity index (χ3v) is 8.62. The van der Waals surface area contributed by atoms with Crippen LogP contribution in [0.15, 0.2) is 12.7 Å². The highest BCUT2D eigenvalue weighted by Gasteiger charge is 2.20. The number of hydrogen-bond acceptors (Lipinski definition) is 0. The molecule has 0 aromatic heterocycles. The summed E-state index contributed by atoms with van der Waals surface area (Å²) in [5.41, 5.74) is 0. The summed E-state index contributed by atoms with van der Waals surface area (Å²) in [6, 6.07) is 4.49. The van der Waals surface area contributed by atoms with E-state index in [0.717, 1.165) is 0 Å². The van der Waals surface area contributed by atoms with Gasteiger partial charge in [0.25, 0.3) is 0 Å². The van der Waals surface area contributed by atoms with Crippen LogP contribution >= 0.6 is 0 Å². The Kier molecular flexibility index (Phi) is 8.25. The zero-order valence-corrected chi connectivity index (χ0v) is 11.4. The lowest BCUT2D eigenvalue weighted by Gasteiger charge is -2.23. The topological polar surface area (TPSA) is 0 Å². The molecule has 0 atom stereocenters. The SMILES string of the molecule is C=CCCCCCC[Si](C)(CC)CC. The van der Waals surface area contributed by atoms with Crippen LogP contribution in [0.2, 0.25) is 24.7 Å². The van der Waals surface area contributed by atoms with E-state index in [1.807, 2.05) is 6.08 Å². The van der Waals surface area contributed by atoms with Gasteiger partial charge >= 0.3 is 0 Å². The van der Waals surface area contributed by atoms with Crippen molar-refractivity contribution in [1.29, 1.82) is 0 Å². The van der Waals surface area contributed by atoms with Crippen LogP contribution in [0.3, 0.4) is 0 Å². The van der Waals surface area contributed by atoms with E-state index in [9.17, 15) is 0 Å². The minimum Gasteiger partial charge on any atom is -0.103 e. The molecule has 0 spiro atoms. The van der Waals surface area contributed by atoms with Crippen LogP contribution in [-0.2, 0) is 0 Å². The largest absolute Gasteiger partial charge is 0.103 e. The summed E-state index contributed by atoms with van der Waals surface area (Å²) < 4.78 is 0. The van der Waals surface area contributed by atoms with Gasteiger partial charge in [-0.3, -0.25) is 0 Å². The summed E-state index contributed by atoms with van der Waals surface area (Å²) in [5, 5.41) is 0. The molecule has 14 heavy (non-hydrogen) atoms. The van der Waals surface area contributed by atoms with E-state index >= 15 is 0 Å². The lowest BCUT2D eigenvalue weighted by atomic mass is 10.1. The van der Waals surface area contributed by atoms with Gasteiger partial charge in [0.15, 0.2) is 0 Å². The predicted molar refractivity (Wildman–Crippen MR) is 70.7 cm³/mol. The number of rotatable bonds is 9. The Morgan fingerprint density at radius 2 is 1.57 bits per heavy atom. The van der Waals surface area contributed by atoms with E-state index in [0.29, 0.717) is 0 Å². The van der Waals surface area contributed by atoms with Crippen molar-refractivity contribution in [2.45, 2.75) is 70.6 Å². The molecule has 0 saturated heterocycles. The monoisotopic (exact) mass is 212 g/mol. The van der Waals surface area contributed by atoms with Gasteiger partial charge in [0.05, 0.1) is 0 Å². The van der Waals surface area contributed by atoms with Crippen LogP contribution in [0.4, 0.5) is 0 Å². The number of unbranched alkanes of at least 4 members (excludes halogenated alkanes) is 4. The standard InChI is InChI=1S/C13H28Si/c1-5-8-9-10-11-12-13-14(4,6-2)7-3/h5H,1,6-13H2,2-4H3. The molecule has 0 aliphatic carbocycles. The lowest BCUT2D eigenvalue weighted by molar-refractivity contribution is 0.669. The first-order chi connectivity index (χ1) is 6.68. The van der Waals surface area contributed by atoms with Crippen molar-refractivity contribution in [3.05, 3.63) is 12.7 Å². The quantitative estimate of drug-likeness (QED) is 0.278. The second kappa shape index (κ2) is 8.28. The molecule has 0 bridgehead atoms. The van der Waals surface area contributed by atoms with Gasteiger partial charge in [-0.25, -0.2) is 0 Å². The zero-order valence-electron chi connectivity index (χ0n) is 10.4. The first-order valence-corrected chi connectivity index (χ1v) is 9.41. The molecule has 0 aliphatic rings. The van der Waals surface area contributed by atoms with Crippen LogP contribution in [0.25, 0.3) is 0 Å². The third-order valence-electron chi connectivity index (χ3n) is 3.65. The Balaban J connectivity index is 3.38. The Bertz CT molecular complexity index is 136. The third kappa shape index (κ3) is 6.42. The summed E-state index contributed by atoms with van der Waals surface area (Å²) in [5.74, 6) is 0. The van der Waals surface area contributed by atoms with Crippen molar-refractivity contribution in [3.63, 3.8) is 0 Å². The fourth-order valence-electron chi connectivity index (χ4n) is 1.80. The zero-order chi connectivity index (χ0) is 10.9. The van der Waals surface area contributed by atoms with Gasteiger partial charge in [-0.05, 0) is 12.8 Å². The van der Waals surface area contributed by atoms with Crippen molar-refractivity contribution in [2.24, 2.45) is 0 Å². The number of hydrogen-bond donors (Lipinski definition) is 0. The highest BCUT2D eigenvalue weighted by Crippen LogP contribution is 2.23. The molecule has 0 heterocycles. The first-order valence-electron chi connectivity index (χ1n) is 6.29. The average molecular weight is 212 g/mol. The molecule has 0 saturated carbocycles. The van der Waals surface area contributed by atoms with E-state index < -0.39 is 8.07 Å². The molecule has 0 amide bonds.